The number of esters is 1. The standard InChI is InChI=1S/C20H32N6O2/c1-15-13-26(14-17(15)19(27)28-4)20(21-2)23-12-16-6-5-7-22-18(16)25-10-8-24(3)9-11-25/h5-7,15,17H,8-14H2,1-4H3,(H,21,23). The lowest BCUT2D eigenvalue weighted by Gasteiger charge is -2.34. The number of anilines is 1. The Balaban J connectivity index is 1.64. The number of likely N-dealkylation sites (N-methyl/N-ethyl adjacent to an activating group) is 1. The zero-order valence-corrected chi connectivity index (χ0v) is 17.4. The SMILES string of the molecule is CN=C(NCc1cccnc1N1CCN(C)CC1)N1CC(C)C(C(=O)OC)C1. The van der Waals surface area contributed by atoms with Gasteiger partial charge in [-0.1, -0.05) is 13.0 Å². The van der Waals surface area contributed by atoms with Gasteiger partial charge in [0.05, 0.1) is 13.0 Å². The number of carbonyl (C=O) groups excluding carboxylic acids is 1. The van der Waals surface area contributed by atoms with E-state index in [-0.39, 0.29) is 17.8 Å². The van der Waals surface area contributed by atoms with E-state index in [0.29, 0.717) is 13.1 Å². The number of hydrogen-bond donors (Lipinski definition) is 1. The number of likely N-dealkylation sites (tertiary alicyclic amines) is 1. The van der Waals surface area contributed by atoms with Crippen LogP contribution in [0.2, 0.25) is 0 Å². The molecule has 0 aliphatic carbocycles. The Morgan fingerprint density at radius 1 is 1.32 bits per heavy atom. The van der Waals surface area contributed by atoms with Gasteiger partial charge in [0.25, 0.3) is 0 Å². The molecule has 0 radical (unpaired) electrons. The number of aliphatic imine (C=N–C) groups is 1. The predicted molar refractivity (Wildman–Crippen MR) is 110 cm³/mol. The number of guanidine groups is 1. The quantitative estimate of drug-likeness (QED) is 0.461. The van der Waals surface area contributed by atoms with E-state index in [1.54, 1.807) is 7.05 Å². The molecule has 1 N–H and O–H groups in total. The molecule has 1 aromatic rings. The third-order valence-electron chi connectivity index (χ3n) is 5.73. The van der Waals surface area contributed by atoms with Crippen molar-refractivity contribution in [2.75, 3.05) is 65.4 Å². The lowest BCUT2D eigenvalue weighted by atomic mass is 9.99. The first-order chi connectivity index (χ1) is 13.5. The van der Waals surface area contributed by atoms with Crippen molar-refractivity contribution in [3.05, 3.63) is 23.9 Å². The van der Waals surface area contributed by atoms with Gasteiger partial charge in [0.15, 0.2) is 5.96 Å². The third-order valence-corrected chi connectivity index (χ3v) is 5.73. The lowest BCUT2D eigenvalue weighted by Crippen LogP contribution is -2.45. The molecule has 3 rings (SSSR count). The molecule has 2 aliphatic rings. The molecule has 154 valence electrons. The molecular formula is C20H32N6O2. The minimum atomic E-state index is -0.143. The Morgan fingerprint density at radius 2 is 2.07 bits per heavy atom. The molecule has 8 nitrogen and oxygen atoms in total. The van der Waals surface area contributed by atoms with Crippen LogP contribution in [-0.2, 0) is 16.1 Å². The van der Waals surface area contributed by atoms with Crippen LogP contribution in [0.1, 0.15) is 12.5 Å². The van der Waals surface area contributed by atoms with E-state index in [9.17, 15) is 4.79 Å². The fourth-order valence-corrected chi connectivity index (χ4v) is 3.98. The molecule has 2 unspecified atom stereocenters. The highest BCUT2D eigenvalue weighted by molar-refractivity contribution is 5.82. The summed E-state index contributed by atoms with van der Waals surface area (Å²) >= 11 is 0. The highest BCUT2D eigenvalue weighted by atomic mass is 16.5. The molecule has 8 heteroatoms. The van der Waals surface area contributed by atoms with E-state index in [0.717, 1.165) is 50.1 Å². The van der Waals surface area contributed by atoms with Gasteiger partial charge in [-0.15, -0.1) is 0 Å². The van der Waals surface area contributed by atoms with Crippen LogP contribution in [0.25, 0.3) is 0 Å². The maximum atomic E-state index is 12.0. The van der Waals surface area contributed by atoms with Crippen molar-refractivity contribution in [1.29, 1.82) is 0 Å². The number of aromatic nitrogens is 1. The summed E-state index contributed by atoms with van der Waals surface area (Å²) in [7, 11) is 5.39. The number of pyridine rings is 1. The van der Waals surface area contributed by atoms with E-state index >= 15 is 0 Å². The largest absolute Gasteiger partial charge is 0.469 e. The normalized spacial score (nSPS) is 23.8. The second-order valence-corrected chi connectivity index (χ2v) is 7.69. The summed E-state index contributed by atoms with van der Waals surface area (Å²) in [5.74, 6) is 1.84. The first-order valence-electron chi connectivity index (χ1n) is 9.94. The third kappa shape index (κ3) is 4.55. The summed E-state index contributed by atoms with van der Waals surface area (Å²) in [6.07, 6.45) is 1.86. The number of nitrogens with one attached hydrogen (secondary N) is 1. The minimum absolute atomic E-state index is 0.108. The topological polar surface area (TPSA) is 73.3 Å². The van der Waals surface area contributed by atoms with Crippen LogP contribution in [0, 0.1) is 11.8 Å². The highest BCUT2D eigenvalue weighted by Gasteiger charge is 2.36. The van der Waals surface area contributed by atoms with Crippen molar-refractivity contribution in [2.45, 2.75) is 13.5 Å². The molecule has 2 aliphatic heterocycles. The van der Waals surface area contributed by atoms with E-state index in [1.165, 1.54) is 7.11 Å². The fourth-order valence-electron chi connectivity index (χ4n) is 3.98. The number of ether oxygens (including phenoxy) is 1. The molecular weight excluding hydrogens is 356 g/mol. The molecule has 0 bridgehead atoms. The molecule has 2 atom stereocenters. The number of hydrogen-bond acceptors (Lipinski definition) is 6. The number of rotatable bonds is 4. The van der Waals surface area contributed by atoms with E-state index < -0.39 is 0 Å². The van der Waals surface area contributed by atoms with Crippen LogP contribution < -0.4 is 10.2 Å². The lowest BCUT2D eigenvalue weighted by molar-refractivity contribution is -0.145. The van der Waals surface area contributed by atoms with Gasteiger partial charge in [0.2, 0.25) is 0 Å². The summed E-state index contributed by atoms with van der Waals surface area (Å²) in [5, 5.41) is 3.46. The molecule has 0 amide bonds. The molecule has 2 fully saturated rings. The first-order valence-corrected chi connectivity index (χ1v) is 9.94. The predicted octanol–water partition coefficient (Wildman–Crippen LogP) is 0.650. The van der Waals surface area contributed by atoms with Crippen LogP contribution in [0.15, 0.2) is 23.3 Å². The smallest absolute Gasteiger partial charge is 0.310 e. The Hall–Kier alpha value is -2.35. The molecule has 0 spiro atoms. The van der Waals surface area contributed by atoms with Crippen molar-refractivity contribution in [1.82, 2.24) is 20.1 Å². The second kappa shape index (κ2) is 9.23. The Kier molecular flexibility index (Phi) is 6.72. The Labute approximate surface area is 167 Å². The minimum Gasteiger partial charge on any atom is -0.469 e. The average Bonchev–Trinajstić information content (AvgIpc) is 3.10. The average molecular weight is 389 g/mol. The number of methoxy groups -OCH3 is 1. The van der Waals surface area contributed by atoms with Gasteiger partial charge in [-0.25, -0.2) is 4.98 Å². The maximum absolute atomic E-state index is 12.0. The Morgan fingerprint density at radius 3 is 2.75 bits per heavy atom. The Bertz CT molecular complexity index is 702. The summed E-state index contributed by atoms with van der Waals surface area (Å²) in [5.41, 5.74) is 1.16. The zero-order chi connectivity index (χ0) is 20.1. The summed E-state index contributed by atoms with van der Waals surface area (Å²) < 4.78 is 4.94. The molecule has 28 heavy (non-hydrogen) atoms. The van der Waals surface area contributed by atoms with Crippen molar-refractivity contribution in [3.8, 4) is 0 Å². The van der Waals surface area contributed by atoms with Gasteiger partial charge in [-0.3, -0.25) is 9.79 Å². The van der Waals surface area contributed by atoms with E-state index in [2.05, 4.69) is 50.0 Å². The van der Waals surface area contributed by atoms with Crippen LogP contribution in [-0.4, -0.2) is 87.2 Å². The molecule has 3 heterocycles. The van der Waals surface area contributed by atoms with Crippen molar-refractivity contribution >= 4 is 17.7 Å². The summed E-state index contributed by atoms with van der Waals surface area (Å²) in [6, 6.07) is 4.09. The summed E-state index contributed by atoms with van der Waals surface area (Å²) in [6.45, 7) is 8.22. The van der Waals surface area contributed by atoms with Gasteiger partial charge < -0.3 is 24.8 Å². The van der Waals surface area contributed by atoms with Crippen molar-refractivity contribution in [3.63, 3.8) is 0 Å². The molecule has 0 aromatic carbocycles. The monoisotopic (exact) mass is 388 g/mol. The van der Waals surface area contributed by atoms with Gasteiger partial charge in [-0.05, 0) is 19.0 Å². The first kappa shape index (κ1) is 20.4. The van der Waals surface area contributed by atoms with Crippen LogP contribution >= 0.6 is 0 Å². The molecule has 1 aromatic heterocycles. The van der Waals surface area contributed by atoms with Gasteiger partial charge in [-0.2, -0.15) is 0 Å². The van der Waals surface area contributed by atoms with Gasteiger partial charge in [0, 0.05) is 64.6 Å². The summed E-state index contributed by atoms with van der Waals surface area (Å²) in [4.78, 5) is 27.9. The number of carbonyl (C=O) groups is 1. The van der Waals surface area contributed by atoms with Gasteiger partial charge >= 0.3 is 5.97 Å². The van der Waals surface area contributed by atoms with E-state index in [1.807, 2.05) is 12.3 Å². The van der Waals surface area contributed by atoms with Crippen molar-refractivity contribution < 1.29 is 9.53 Å². The van der Waals surface area contributed by atoms with Gasteiger partial charge in [0.1, 0.15) is 5.82 Å². The van der Waals surface area contributed by atoms with Crippen LogP contribution in [0.3, 0.4) is 0 Å². The van der Waals surface area contributed by atoms with Crippen LogP contribution in [0.5, 0.6) is 0 Å². The molecule has 0 saturated carbocycles. The van der Waals surface area contributed by atoms with Crippen molar-refractivity contribution in [2.24, 2.45) is 16.8 Å². The second-order valence-electron chi connectivity index (χ2n) is 7.69. The zero-order valence-electron chi connectivity index (χ0n) is 17.4. The number of nitrogens with zero attached hydrogens (tertiary/aromatic N) is 5. The fraction of sp³-hybridized carbons (Fsp3) is 0.650. The highest BCUT2D eigenvalue weighted by Crippen LogP contribution is 2.24. The maximum Gasteiger partial charge on any atom is 0.310 e. The number of piperazine rings is 1. The van der Waals surface area contributed by atoms with E-state index in [4.69, 9.17) is 4.74 Å². The van der Waals surface area contributed by atoms with Crippen LogP contribution in [0.4, 0.5) is 5.82 Å². The molecule has 2 saturated heterocycles.